The molecule has 2 aromatic carbocycles. The highest BCUT2D eigenvalue weighted by Gasteiger charge is 2.14. The molecule has 0 fully saturated rings. The normalized spacial score (nSPS) is 12.9. The number of hydrogen-bond acceptors (Lipinski definition) is 6. The van der Waals surface area contributed by atoms with Crippen LogP contribution in [0.5, 0.6) is 11.5 Å². The first-order chi connectivity index (χ1) is 13.2. The number of fused-ring (bicyclic) bond motifs is 1. The molecule has 0 bridgehead atoms. The first-order valence-corrected chi connectivity index (χ1v) is 9.25. The number of nitrogens with two attached hydrogens (primary N) is 1. The summed E-state index contributed by atoms with van der Waals surface area (Å²) in [4.78, 5) is 16.6. The Hall–Kier alpha value is -3.32. The third-order valence-electron chi connectivity index (χ3n) is 3.94. The number of hydrogen-bond donors (Lipinski definition) is 2. The molecule has 4 rings (SSSR count). The Bertz CT molecular complexity index is 996. The topological polar surface area (TPSA) is 86.5 Å². The molecule has 136 valence electrons. The Morgan fingerprint density at radius 3 is 2.70 bits per heavy atom. The van der Waals surface area contributed by atoms with E-state index in [1.54, 1.807) is 18.2 Å². The molecule has 2 heterocycles. The first-order valence-electron chi connectivity index (χ1n) is 8.37. The predicted molar refractivity (Wildman–Crippen MR) is 107 cm³/mol. The lowest BCUT2D eigenvalue weighted by Crippen LogP contribution is -2.15. The number of nitrogens with one attached hydrogen (secondary N) is 1. The third-order valence-corrected chi connectivity index (χ3v) is 4.69. The Morgan fingerprint density at radius 2 is 1.89 bits per heavy atom. The fourth-order valence-electron chi connectivity index (χ4n) is 2.59. The van der Waals surface area contributed by atoms with Gasteiger partial charge in [-0.1, -0.05) is 12.1 Å². The van der Waals surface area contributed by atoms with Gasteiger partial charge in [-0.3, -0.25) is 10.1 Å². The maximum Gasteiger partial charge on any atom is 0.250 e. The Morgan fingerprint density at radius 1 is 1.11 bits per heavy atom. The van der Waals surface area contributed by atoms with Crippen molar-refractivity contribution in [2.45, 2.75) is 0 Å². The number of ether oxygens (including phenoxy) is 2. The highest BCUT2D eigenvalue weighted by Crippen LogP contribution is 2.35. The van der Waals surface area contributed by atoms with E-state index >= 15 is 0 Å². The third kappa shape index (κ3) is 4.09. The first kappa shape index (κ1) is 17.1. The summed E-state index contributed by atoms with van der Waals surface area (Å²) in [6, 6.07) is 13.0. The second-order valence-corrected chi connectivity index (χ2v) is 6.74. The van der Waals surface area contributed by atoms with E-state index in [1.807, 2.05) is 35.7 Å². The lowest BCUT2D eigenvalue weighted by molar-refractivity contribution is -0.111. The number of amides is 1. The number of rotatable bonds is 4. The second-order valence-electron chi connectivity index (χ2n) is 5.89. The lowest BCUT2D eigenvalue weighted by atomic mass is 10.1. The molecule has 0 saturated carbocycles. The largest absolute Gasteiger partial charge is 0.486 e. The average Bonchev–Trinajstić information content (AvgIpc) is 3.15. The van der Waals surface area contributed by atoms with Gasteiger partial charge in [-0.05, 0) is 42.0 Å². The standard InChI is InChI=1S/C20H17N3O3S/c21-15-5-1-13(2-6-15)3-8-19(24)23-20-22-16(12-27-20)14-4-7-17-18(11-14)26-10-9-25-17/h1-8,11-12H,9-10,21H2,(H,22,23,24)/b8-3+. The quantitative estimate of drug-likeness (QED) is 0.532. The highest BCUT2D eigenvalue weighted by atomic mass is 32.1. The molecule has 0 unspecified atom stereocenters. The van der Waals surface area contributed by atoms with Crippen LogP contribution in [0.3, 0.4) is 0 Å². The van der Waals surface area contributed by atoms with Gasteiger partial charge in [0.05, 0.1) is 5.69 Å². The summed E-state index contributed by atoms with van der Waals surface area (Å²) in [6.07, 6.45) is 3.20. The number of nitrogen functional groups attached to an aromatic ring is 1. The van der Waals surface area contributed by atoms with Crippen LogP contribution in [0, 0.1) is 0 Å². The number of carbonyl (C=O) groups is 1. The molecule has 0 aliphatic carbocycles. The summed E-state index contributed by atoms with van der Waals surface area (Å²) < 4.78 is 11.1. The molecule has 1 aliphatic heterocycles. The molecule has 27 heavy (non-hydrogen) atoms. The molecule has 3 N–H and O–H groups in total. The summed E-state index contributed by atoms with van der Waals surface area (Å²) in [5, 5.41) is 5.20. The van der Waals surface area contributed by atoms with E-state index < -0.39 is 0 Å². The molecule has 0 atom stereocenters. The molecule has 1 aliphatic rings. The number of benzene rings is 2. The minimum atomic E-state index is -0.241. The molecule has 0 saturated heterocycles. The molecule has 0 radical (unpaired) electrons. The second kappa shape index (κ2) is 7.51. The van der Waals surface area contributed by atoms with Gasteiger partial charge in [-0.2, -0.15) is 0 Å². The summed E-state index contributed by atoms with van der Waals surface area (Å²) in [7, 11) is 0. The van der Waals surface area contributed by atoms with Gasteiger partial charge in [0.15, 0.2) is 16.6 Å². The molecule has 7 heteroatoms. The maximum atomic E-state index is 12.1. The molecule has 1 aromatic heterocycles. The number of carbonyl (C=O) groups excluding carboxylic acids is 1. The summed E-state index contributed by atoms with van der Waals surface area (Å²) >= 11 is 1.37. The number of aromatic nitrogens is 1. The van der Waals surface area contributed by atoms with Crippen molar-refractivity contribution in [1.82, 2.24) is 4.98 Å². The van der Waals surface area contributed by atoms with Crippen LogP contribution in [0.15, 0.2) is 53.9 Å². The fourth-order valence-corrected chi connectivity index (χ4v) is 3.32. The molecular weight excluding hydrogens is 362 g/mol. The van der Waals surface area contributed by atoms with Crippen molar-refractivity contribution in [2.24, 2.45) is 0 Å². The minimum Gasteiger partial charge on any atom is -0.486 e. The molecular formula is C20H17N3O3S. The SMILES string of the molecule is Nc1ccc(/C=C/C(=O)Nc2nc(-c3ccc4c(c3)OCCO4)cs2)cc1. The van der Waals surface area contributed by atoms with Crippen molar-refractivity contribution >= 4 is 34.1 Å². The van der Waals surface area contributed by atoms with Crippen LogP contribution in [0.1, 0.15) is 5.56 Å². The van der Waals surface area contributed by atoms with Gasteiger partial charge >= 0.3 is 0 Å². The van der Waals surface area contributed by atoms with E-state index in [9.17, 15) is 4.79 Å². The van der Waals surface area contributed by atoms with E-state index in [-0.39, 0.29) is 5.91 Å². The van der Waals surface area contributed by atoms with E-state index in [1.165, 1.54) is 17.4 Å². The van der Waals surface area contributed by atoms with Gasteiger partial charge in [-0.25, -0.2) is 4.98 Å². The van der Waals surface area contributed by atoms with Crippen molar-refractivity contribution in [1.29, 1.82) is 0 Å². The smallest absolute Gasteiger partial charge is 0.250 e. The van der Waals surface area contributed by atoms with Crippen molar-refractivity contribution in [3.63, 3.8) is 0 Å². The Kier molecular flexibility index (Phi) is 4.76. The van der Waals surface area contributed by atoms with E-state index in [0.29, 0.717) is 29.8 Å². The van der Waals surface area contributed by atoms with Crippen molar-refractivity contribution < 1.29 is 14.3 Å². The zero-order chi connectivity index (χ0) is 18.6. The van der Waals surface area contributed by atoms with E-state index in [4.69, 9.17) is 15.2 Å². The number of nitrogens with zero attached hydrogens (tertiary/aromatic N) is 1. The average molecular weight is 379 g/mol. The van der Waals surface area contributed by atoms with E-state index in [2.05, 4.69) is 10.3 Å². The summed E-state index contributed by atoms with van der Waals surface area (Å²) in [6.45, 7) is 1.10. The number of anilines is 2. The van der Waals surface area contributed by atoms with Crippen LogP contribution in [-0.4, -0.2) is 24.1 Å². The van der Waals surface area contributed by atoms with Gasteiger partial charge in [0.25, 0.3) is 0 Å². The Labute approximate surface area is 160 Å². The van der Waals surface area contributed by atoms with Gasteiger partial charge in [-0.15, -0.1) is 11.3 Å². The molecule has 0 spiro atoms. The molecule has 1 amide bonds. The van der Waals surface area contributed by atoms with Crippen LogP contribution in [0.2, 0.25) is 0 Å². The van der Waals surface area contributed by atoms with Crippen LogP contribution < -0.4 is 20.5 Å². The monoisotopic (exact) mass is 379 g/mol. The molecule has 3 aromatic rings. The highest BCUT2D eigenvalue weighted by molar-refractivity contribution is 7.14. The van der Waals surface area contributed by atoms with E-state index in [0.717, 1.165) is 22.6 Å². The van der Waals surface area contributed by atoms with Crippen LogP contribution in [-0.2, 0) is 4.79 Å². The Balaban J connectivity index is 1.43. The predicted octanol–water partition coefficient (Wildman–Crippen LogP) is 3.82. The number of thiazole rings is 1. The van der Waals surface area contributed by atoms with Crippen molar-refractivity contribution in [3.05, 3.63) is 59.5 Å². The van der Waals surface area contributed by atoms with Gasteiger partial charge in [0, 0.05) is 22.7 Å². The van der Waals surface area contributed by atoms with Gasteiger partial charge < -0.3 is 15.2 Å². The lowest BCUT2D eigenvalue weighted by Gasteiger charge is -2.18. The van der Waals surface area contributed by atoms with Crippen LogP contribution >= 0.6 is 11.3 Å². The van der Waals surface area contributed by atoms with Crippen LogP contribution in [0.25, 0.3) is 17.3 Å². The zero-order valence-electron chi connectivity index (χ0n) is 14.3. The van der Waals surface area contributed by atoms with Crippen molar-refractivity contribution in [2.75, 3.05) is 24.3 Å². The fraction of sp³-hybridized carbons (Fsp3) is 0.100. The van der Waals surface area contributed by atoms with Crippen LogP contribution in [0.4, 0.5) is 10.8 Å². The minimum absolute atomic E-state index is 0.241. The van der Waals surface area contributed by atoms with Gasteiger partial charge in [0.1, 0.15) is 13.2 Å². The summed E-state index contributed by atoms with van der Waals surface area (Å²) in [5.74, 6) is 1.21. The van der Waals surface area contributed by atoms with Gasteiger partial charge in [0.2, 0.25) is 5.91 Å². The van der Waals surface area contributed by atoms with Crippen molar-refractivity contribution in [3.8, 4) is 22.8 Å². The summed E-state index contributed by atoms with van der Waals surface area (Å²) in [5.41, 5.74) is 8.92. The maximum absolute atomic E-state index is 12.1. The molecule has 6 nitrogen and oxygen atoms in total. The zero-order valence-corrected chi connectivity index (χ0v) is 15.2.